The molecule has 0 spiro atoms. The molecule has 0 saturated heterocycles. The number of benzene rings is 2. The molecule has 7 nitrogen and oxygen atoms in total. The van der Waals surface area contributed by atoms with Crippen LogP contribution in [0.3, 0.4) is 0 Å². The number of rotatable bonds is 2. The van der Waals surface area contributed by atoms with Crippen LogP contribution in [0.2, 0.25) is 0 Å². The first-order valence-electron chi connectivity index (χ1n) is 6.50. The van der Waals surface area contributed by atoms with Crippen LogP contribution in [-0.2, 0) is 0 Å². The smallest absolute Gasteiger partial charge is 0.270 e. The van der Waals surface area contributed by atoms with Gasteiger partial charge in [0.05, 0.1) is 10.5 Å². The van der Waals surface area contributed by atoms with Crippen molar-refractivity contribution >= 4 is 23.3 Å². The van der Waals surface area contributed by atoms with Gasteiger partial charge in [0.1, 0.15) is 0 Å². The Morgan fingerprint density at radius 3 is 2.26 bits per heavy atom. The Bertz CT molecular complexity index is 913. The van der Waals surface area contributed by atoms with Gasteiger partial charge in [-0.3, -0.25) is 19.7 Å². The van der Waals surface area contributed by atoms with Gasteiger partial charge in [0.2, 0.25) is 0 Å². The lowest BCUT2D eigenvalue weighted by molar-refractivity contribution is -0.384. The van der Waals surface area contributed by atoms with Gasteiger partial charge < -0.3 is 10.2 Å². The Hall–Kier alpha value is -3.48. The number of phenols is 2. The first kappa shape index (κ1) is 14.5. The molecule has 2 aromatic carbocycles. The van der Waals surface area contributed by atoms with Crippen LogP contribution in [-0.4, -0.2) is 26.7 Å². The lowest BCUT2D eigenvalue weighted by Crippen LogP contribution is -2.00. The number of phenolic OH excluding ortho intramolecular Hbond substituents is 2. The predicted molar refractivity (Wildman–Crippen MR) is 79.5 cm³/mol. The van der Waals surface area contributed by atoms with Crippen molar-refractivity contribution in [3.05, 3.63) is 68.8 Å². The number of nitrogens with zero attached hydrogens (tertiary/aromatic N) is 1. The second-order valence-corrected chi connectivity index (χ2v) is 4.95. The summed E-state index contributed by atoms with van der Waals surface area (Å²) < 4.78 is 0. The van der Waals surface area contributed by atoms with Crippen molar-refractivity contribution in [3.8, 4) is 11.5 Å². The number of hydrogen-bond acceptors (Lipinski definition) is 6. The largest absolute Gasteiger partial charge is 0.504 e. The molecule has 0 atom stereocenters. The second-order valence-electron chi connectivity index (χ2n) is 4.95. The van der Waals surface area contributed by atoms with Crippen LogP contribution in [0.5, 0.6) is 11.5 Å². The zero-order valence-corrected chi connectivity index (χ0v) is 11.5. The summed E-state index contributed by atoms with van der Waals surface area (Å²) in [4.78, 5) is 34.7. The number of Topliss-reactive ketones (excluding diaryl/α,β-unsaturated/α-hetero) is 2. The van der Waals surface area contributed by atoms with E-state index in [0.29, 0.717) is 5.56 Å². The molecule has 0 heterocycles. The van der Waals surface area contributed by atoms with Crippen LogP contribution in [0.15, 0.2) is 42.0 Å². The molecule has 114 valence electrons. The highest BCUT2D eigenvalue weighted by molar-refractivity contribution is 6.41. The summed E-state index contributed by atoms with van der Waals surface area (Å²) >= 11 is 0. The molecule has 0 aromatic heterocycles. The van der Waals surface area contributed by atoms with Crippen molar-refractivity contribution < 1.29 is 24.7 Å². The maximum absolute atomic E-state index is 12.3. The molecular formula is C16H9NO6. The van der Waals surface area contributed by atoms with Crippen molar-refractivity contribution in [2.75, 3.05) is 0 Å². The molecule has 0 saturated carbocycles. The molecule has 2 aromatic rings. The summed E-state index contributed by atoms with van der Waals surface area (Å²) in [5.41, 5.74) is 0.0200. The van der Waals surface area contributed by atoms with Crippen molar-refractivity contribution in [3.63, 3.8) is 0 Å². The third kappa shape index (κ3) is 2.34. The summed E-state index contributed by atoms with van der Waals surface area (Å²) in [7, 11) is 0. The van der Waals surface area contributed by atoms with Gasteiger partial charge in [-0.2, -0.15) is 0 Å². The van der Waals surface area contributed by atoms with E-state index in [9.17, 15) is 29.9 Å². The molecule has 3 rings (SSSR count). The minimum atomic E-state index is -0.641. The number of allylic oxidation sites excluding steroid dienone is 1. The van der Waals surface area contributed by atoms with Crippen molar-refractivity contribution in [1.82, 2.24) is 0 Å². The van der Waals surface area contributed by atoms with E-state index in [-0.39, 0.29) is 33.9 Å². The Morgan fingerprint density at radius 2 is 1.61 bits per heavy atom. The SMILES string of the molecule is O=C1/C(=C/c2ccc(O)c(O)c2)C(=O)c2cc([N+](=O)[O-])ccc21. The predicted octanol–water partition coefficient (Wildman–Crippen LogP) is 2.47. The Balaban J connectivity index is 2.07. The number of fused-ring (bicyclic) bond motifs is 1. The molecule has 2 N–H and O–H groups in total. The number of carbonyl (C=O) groups excluding carboxylic acids is 2. The first-order valence-corrected chi connectivity index (χ1v) is 6.50. The van der Waals surface area contributed by atoms with Crippen LogP contribution >= 0.6 is 0 Å². The summed E-state index contributed by atoms with van der Waals surface area (Å²) in [6, 6.07) is 7.35. The highest BCUT2D eigenvalue weighted by Gasteiger charge is 2.34. The van der Waals surface area contributed by atoms with Gasteiger partial charge in [0.25, 0.3) is 5.69 Å². The second kappa shape index (κ2) is 5.06. The normalized spacial score (nSPS) is 15.0. The van der Waals surface area contributed by atoms with E-state index >= 15 is 0 Å². The third-order valence-electron chi connectivity index (χ3n) is 3.50. The maximum atomic E-state index is 12.3. The van der Waals surface area contributed by atoms with E-state index in [0.717, 1.165) is 6.07 Å². The molecule has 0 amide bonds. The Kier molecular flexibility index (Phi) is 3.18. The number of nitro groups is 1. The maximum Gasteiger partial charge on any atom is 0.270 e. The van der Waals surface area contributed by atoms with E-state index < -0.39 is 16.5 Å². The first-order chi connectivity index (χ1) is 10.9. The van der Waals surface area contributed by atoms with Gasteiger partial charge in [-0.25, -0.2) is 0 Å². The van der Waals surface area contributed by atoms with Crippen LogP contribution in [0.25, 0.3) is 6.08 Å². The third-order valence-corrected chi connectivity index (χ3v) is 3.50. The Labute approximate surface area is 129 Å². The van der Waals surface area contributed by atoms with Crippen LogP contribution in [0, 0.1) is 10.1 Å². The zero-order chi connectivity index (χ0) is 16.7. The molecule has 1 aliphatic rings. The fourth-order valence-electron chi connectivity index (χ4n) is 2.35. The fraction of sp³-hybridized carbons (Fsp3) is 0. The molecule has 0 fully saturated rings. The van der Waals surface area contributed by atoms with Crippen molar-refractivity contribution in [2.45, 2.75) is 0 Å². The monoisotopic (exact) mass is 311 g/mol. The molecule has 7 heteroatoms. The standard InChI is InChI=1S/C16H9NO6/c18-13-4-1-8(6-14(13)19)5-12-15(20)10-3-2-9(17(22)23)7-11(10)16(12)21/h1-7,18-19H/b12-5-. The number of nitro benzene ring substituents is 1. The number of carbonyl (C=O) groups is 2. The lowest BCUT2D eigenvalue weighted by atomic mass is 10.1. The molecule has 0 aliphatic heterocycles. The average Bonchev–Trinajstić information content (AvgIpc) is 2.75. The van der Waals surface area contributed by atoms with Gasteiger partial charge >= 0.3 is 0 Å². The van der Waals surface area contributed by atoms with Crippen molar-refractivity contribution in [2.24, 2.45) is 0 Å². The van der Waals surface area contributed by atoms with Crippen LogP contribution in [0.4, 0.5) is 5.69 Å². The molecule has 1 aliphatic carbocycles. The number of aromatic hydroxyl groups is 2. The quantitative estimate of drug-likeness (QED) is 0.289. The molecular weight excluding hydrogens is 302 g/mol. The minimum Gasteiger partial charge on any atom is -0.504 e. The molecule has 0 unspecified atom stereocenters. The molecule has 0 bridgehead atoms. The molecule has 0 radical (unpaired) electrons. The van der Waals surface area contributed by atoms with Gasteiger partial charge in [0.15, 0.2) is 23.1 Å². The Morgan fingerprint density at radius 1 is 0.913 bits per heavy atom. The van der Waals surface area contributed by atoms with Gasteiger partial charge in [-0.1, -0.05) is 6.07 Å². The summed E-state index contributed by atoms with van der Waals surface area (Å²) in [6.45, 7) is 0. The minimum absolute atomic E-state index is 0.0153. The van der Waals surface area contributed by atoms with Crippen molar-refractivity contribution in [1.29, 1.82) is 0 Å². The summed E-state index contributed by atoms with van der Waals surface area (Å²) in [5, 5.41) is 29.5. The average molecular weight is 311 g/mol. The lowest BCUT2D eigenvalue weighted by Gasteiger charge is -1.99. The van der Waals surface area contributed by atoms with E-state index in [1.54, 1.807) is 0 Å². The van der Waals surface area contributed by atoms with Gasteiger partial charge in [-0.05, 0) is 29.8 Å². The highest BCUT2D eigenvalue weighted by atomic mass is 16.6. The summed E-state index contributed by atoms with van der Waals surface area (Å²) in [6.07, 6.45) is 1.27. The van der Waals surface area contributed by atoms with E-state index in [1.807, 2.05) is 0 Å². The van der Waals surface area contributed by atoms with Gasteiger partial charge in [-0.15, -0.1) is 0 Å². The van der Waals surface area contributed by atoms with E-state index in [4.69, 9.17) is 0 Å². The van der Waals surface area contributed by atoms with E-state index in [2.05, 4.69) is 0 Å². The van der Waals surface area contributed by atoms with Gasteiger partial charge in [0, 0.05) is 23.3 Å². The topological polar surface area (TPSA) is 118 Å². The highest BCUT2D eigenvalue weighted by Crippen LogP contribution is 2.32. The van der Waals surface area contributed by atoms with Crippen LogP contribution < -0.4 is 0 Å². The molecule has 23 heavy (non-hydrogen) atoms. The number of ketones is 2. The summed E-state index contributed by atoms with van der Waals surface area (Å²) in [5.74, 6) is -1.85. The number of non-ortho nitro benzene ring substituents is 1. The fourth-order valence-corrected chi connectivity index (χ4v) is 2.35. The zero-order valence-electron chi connectivity index (χ0n) is 11.5. The van der Waals surface area contributed by atoms with E-state index in [1.165, 1.54) is 36.4 Å². The van der Waals surface area contributed by atoms with Crippen LogP contribution in [0.1, 0.15) is 26.3 Å². The number of hydrogen-bond donors (Lipinski definition) is 2.